The zero-order valence-electron chi connectivity index (χ0n) is 14.7. The van der Waals surface area contributed by atoms with E-state index in [0.29, 0.717) is 13.1 Å². The second-order valence-electron chi connectivity index (χ2n) is 6.95. The summed E-state index contributed by atoms with van der Waals surface area (Å²) in [5.74, 6) is 0.852. The van der Waals surface area contributed by atoms with Gasteiger partial charge in [-0.1, -0.05) is 30.3 Å². The highest BCUT2D eigenvalue weighted by molar-refractivity contribution is 5.42. The summed E-state index contributed by atoms with van der Waals surface area (Å²) in [5, 5.41) is 11.0. The Balaban J connectivity index is 1.63. The summed E-state index contributed by atoms with van der Waals surface area (Å²) in [4.78, 5) is 13.3. The number of aryl methyl sites for hydroxylation is 2. The van der Waals surface area contributed by atoms with Crippen molar-refractivity contribution in [1.82, 2.24) is 14.9 Å². The van der Waals surface area contributed by atoms with Crippen molar-refractivity contribution in [3.63, 3.8) is 0 Å². The van der Waals surface area contributed by atoms with Crippen LogP contribution in [0.2, 0.25) is 0 Å². The van der Waals surface area contributed by atoms with Crippen molar-refractivity contribution in [3.8, 4) is 0 Å². The maximum Gasteiger partial charge on any atom is 0.150 e. The topological polar surface area (TPSA) is 52.5 Å². The van der Waals surface area contributed by atoms with Gasteiger partial charge in [0.15, 0.2) is 0 Å². The number of rotatable bonds is 5. The highest BCUT2D eigenvalue weighted by atomic mass is 16.3. The monoisotopic (exact) mass is 326 g/mol. The fourth-order valence-corrected chi connectivity index (χ4v) is 3.45. The Labute approximate surface area is 144 Å². The number of aromatic nitrogens is 2. The van der Waals surface area contributed by atoms with Gasteiger partial charge in [-0.05, 0) is 25.8 Å². The van der Waals surface area contributed by atoms with E-state index in [9.17, 15) is 5.11 Å². The van der Waals surface area contributed by atoms with Crippen LogP contribution in [0.3, 0.4) is 0 Å². The van der Waals surface area contributed by atoms with Crippen LogP contribution in [0, 0.1) is 13.8 Å². The number of likely N-dealkylation sites (N-methyl/N-ethyl adjacent to an activating group) is 1. The first kappa shape index (κ1) is 16.9. The van der Waals surface area contributed by atoms with E-state index < -0.39 is 5.60 Å². The molecule has 3 rings (SSSR count). The third-order valence-electron chi connectivity index (χ3n) is 4.60. The van der Waals surface area contributed by atoms with Gasteiger partial charge < -0.3 is 10.0 Å². The molecule has 2 heterocycles. The molecule has 0 aliphatic carbocycles. The third-order valence-corrected chi connectivity index (χ3v) is 4.60. The Kier molecular flexibility index (Phi) is 4.83. The van der Waals surface area contributed by atoms with E-state index >= 15 is 0 Å². The van der Waals surface area contributed by atoms with Crippen molar-refractivity contribution in [2.45, 2.75) is 32.4 Å². The molecule has 0 saturated carbocycles. The normalized spacial score (nSPS) is 21.2. The van der Waals surface area contributed by atoms with E-state index in [2.05, 4.69) is 39.1 Å². The zero-order chi connectivity index (χ0) is 17.2. The van der Waals surface area contributed by atoms with Crippen LogP contribution in [-0.4, -0.2) is 52.3 Å². The molecule has 1 aromatic carbocycles. The van der Waals surface area contributed by atoms with Crippen LogP contribution in [-0.2, 0) is 6.54 Å². The molecule has 1 fully saturated rings. The lowest BCUT2D eigenvalue weighted by Crippen LogP contribution is -2.44. The quantitative estimate of drug-likeness (QED) is 0.912. The molecule has 0 unspecified atom stereocenters. The van der Waals surface area contributed by atoms with Crippen molar-refractivity contribution < 1.29 is 5.11 Å². The van der Waals surface area contributed by atoms with E-state index in [0.717, 1.165) is 36.7 Å². The number of hydrogen-bond donors (Lipinski definition) is 1. The second kappa shape index (κ2) is 6.87. The molecule has 1 aliphatic rings. The molecule has 0 spiro atoms. The Hall–Kier alpha value is -1.98. The largest absolute Gasteiger partial charge is 0.387 e. The minimum absolute atomic E-state index is 0.567. The van der Waals surface area contributed by atoms with Gasteiger partial charge in [0.2, 0.25) is 0 Å². The first-order valence-electron chi connectivity index (χ1n) is 8.45. The van der Waals surface area contributed by atoms with Gasteiger partial charge in [0.1, 0.15) is 5.82 Å². The number of anilines is 1. The highest BCUT2D eigenvalue weighted by Crippen LogP contribution is 2.26. The Morgan fingerprint density at radius 2 is 2.00 bits per heavy atom. The molecule has 0 amide bonds. The highest BCUT2D eigenvalue weighted by Gasteiger charge is 2.37. The van der Waals surface area contributed by atoms with E-state index in [4.69, 9.17) is 0 Å². The summed E-state index contributed by atoms with van der Waals surface area (Å²) >= 11 is 0. The summed E-state index contributed by atoms with van der Waals surface area (Å²) in [5.41, 5.74) is 2.37. The maximum absolute atomic E-state index is 11.0. The third kappa shape index (κ3) is 3.91. The van der Waals surface area contributed by atoms with Crippen LogP contribution in [0.4, 0.5) is 5.82 Å². The summed E-state index contributed by atoms with van der Waals surface area (Å²) in [6, 6.07) is 10.4. The van der Waals surface area contributed by atoms with Crippen LogP contribution in [0.1, 0.15) is 23.4 Å². The second-order valence-corrected chi connectivity index (χ2v) is 6.95. The standard InChI is InChI=1S/C19H26N4O/c1-15-11-20-16(2)18(21-15)22(3)13-19(24)9-10-23(14-19)12-17-7-5-4-6-8-17/h4-8,11,24H,9-10,12-14H2,1-3H3/t19-/m1/s1. The maximum atomic E-state index is 11.0. The molecule has 1 aliphatic heterocycles. The fourth-order valence-electron chi connectivity index (χ4n) is 3.45. The summed E-state index contributed by atoms with van der Waals surface area (Å²) in [6.07, 6.45) is 2.56. The minimum atomic E-state index is -0.707. The van der Waals surface area contributed by atoms with E-state index in [1.165, 1.54) is 5.56 Å². The molecule has 128 valence electrons. The van der Waals surface area contributed by atoms with E-state index in [1.807, 2.05) is 31.9 Å². The van der Waals surface area contributed by atoms with Gasteiger partial charge in [0.05, 0.1) is 17.0 Å². The van der Waals surface area contributed by atoms with Crippen LogP contribution in [0.15, 0.2) is 36.5 Å². The van der Waals surface area contributed by atoms with Crippen molar-refractivity contribution in [1.29, 1.82) is 0 Å². The lowest BCUT2D eigenvalue weighted by atomic mass is 10.0. The molecule has 2 aromatic rings. The number of nitrogens with zero attached hydrogens (tertiary/aromatic N) is 4. The average Bonchev–Trinajstić information content (AvgIpc) is 2.91. The van der Waals surface area contributed by atoms with Crippen LogP contribution < -0.4 is 4.90 Å². The molecule has 5 heteroatoms. The van der Waals surface area contributed by atoms with Crippen LogP contribution in [0.25, 0.3) is 0 Å². The van der Waals surface area contributed by atoms with Crippen molar-refractivity contribution in [2.24, 2.45) is 0 Å². The van der Waals surface area contributed by atoms with Gasteiger partial charge >= 0.3 is 0 Å². The molecule has 24 heavy (non-hydrogen) atoms. The molecule has 1 saturated heterocycles. The Morgan fingerprint density at radius 1 is 1.25 bits per heavy atom. The Bertz CT molecular complexity index is 691. The van der Waals surface area contributed by atoms with Crippen LogP contribution in [0.5, 0.6) is 0 Å². The predicted molar refractivity (Wildman–Crippen MR) is 96.1 cm³/mol. The smallest absolute Gasteiger partial charge is 0.150 e. The van der Waals surface area contributed by atoms with Gasteiger partial charge in [0.25, 0.3) is 0 Å². The first-order chi connectivity index (χ1) is 11.5. The molecule has 5 nitrogen and oxygen atoms in total. The predicted octanol–water partition coefficient (Wildman–Crippen LogP) is 2.17. The van der Waals surface area contributed by atoms with Crippen molar-refractivity contribution in [3.05, 3.63) is 53.5 Å². The lowest BCUT2D eigenvalue weighted by Gasteiger charge is -2.30. The number of aliphatic hydroxyl groups is 1. The van der Waals surface area contributed by atoms with Gasteiger partial charge in [-0.15, -0.1) is 0 Å². The number of likely N-dealkylation sites (tertiary alicyclic amines) is 1. The van der Waals surface area contributed by atoms with Crippen LogP contribution >= 0.6 is 0 Å². The molecule has 0 bridgehead atoms. The number of benzene rings is 1. The first-order valence-corrected chi connectivity index (χ1v) is 8.45. The van der Waals surface area contributed by atoms with Crippen molar-refractivity contribution >= 4 is 5.82 Å². The van der Waals surface area contributed by atoms with E-state index in [1.54, 1.807) is 6.20 Å². The summed E-state index contributed by atoms with van der Waals surface area (Å²) in [7, 11) is 1.98. The molecular formula is C19H26N4O. The lowest BCUT2D eigenvalue weighted by molar-refractivity contribution is 0.0560. The Morgan fingerprint density at radius 3 is 2.75 bits per heavy atom. The zero-order valence-corrected chi connectivity index (χ0v) is 14.7. The molecule has 0 radical (unpaired) electrons. The summed E-state index contributed by atoms with van der Waals surface area (Å²) < 4.78 is 0. The van der Waals surface area contributed by atoms with Gasteiger partial charge in [-0.25, -0.2) is 4.98 Å². The number of hydrogen-bond acceptors (Lipinski definition) is 5. The molecule has 1 aromatic heterocycles. The summed E-state index contributed by atoms with van der Waals surface area (Å²) in [6.45, 7) is 6.95. The van der Waals surface area contributed by atoms with Crippen molar-refractivity contribution in [2.75, 3.05) is 31.6 Å². The van der Waals surface area contributed by atoms with Gasteiger partial charge in [-0.3, -0.25) is 9.88 Å². The SMILES string of the molecule is Cc1cnc(C)c(N(C)C[C@]2(O)CCN(Cc3ccccc3)C2)n1. The number of β-amino-alcohol motifs (C(OH)–C–C–N with tert-alkyl or cyclic N) is 1. The van der Waals surface area contributed by atoms with Gasteiger partial charge in [-0.2, -0.15) is 0 Å². The molecule has 1 atom stereocenters. The fraction of sp³-hybridized carbons (Fsp3) is 0.474. The van der Waals surface area contributed by atoms with Gasteiger partial charge in [0, 0.05) is 39.4 Å². The molecule has 1 N–H and O–H groups in total. The molecular weight excluding hydrogens is 300 g/mol. The average molecular weight is 326 g/mol. The minimum Gasteiger partial charge on any atom is -0.387 e. The van der Waals surface area contributed by atoms with E-state index in [-0.39, 0.29) is 0 Å².